The van der Waals surface area contributed by atoms with Crippen molar-refractivity contribution < 1.29 is 5.11 Å². The summed E-state index contributed by atoms with van der Waals surface area (Å²) in [7, 11) is 4.19. The zero-order valence-corrected chi connectivity index (χ0v) is 15.9. The lowest BCUT2D eigenvalue weighted by Gasteiger charge is -2.27. The molecule has 1 heterocycles. The highest BCUT2D eigenvalue weighted by Crippen LogP contribution is 2.48. The molecular formula is C20H24ClNOS. The van der Waals surface area contributed by atoms with Gasteiger partial charge in [-0.1, -0.05) is 48.5 Å². The lowest BCUT2D eigenvalue weighted by molar-refractivity contribution is 0.126. The molecule has 0 bridgehead atoms. The fourth-order valence-electron chi connectivity index (χ4n) is 3.62. The standard InChI is InChI=1S/C20H24ClNOS/c1-13(12-22(2)3)10-16-15-6-4-5-7-18(15)24-19-9-8-14(21)11-17(19)20(16)23/h4-9,11,13,16,20,23H,10,12H2,1-3H3. The quantitative estimate of drug-likeness (QED) is 0.808. The lowest BCUT2D eigenvalue weighted by atomic mass is 9.82. The van der Waals surface area contributed by atoms with Gasteiger partial charge in [0.15, 0.2) is 0 Å². The van der Waals surface area contributed by atoms with Crippen LogP contribution in [0, 0.1) is 5.92 Å². The SMILES string of the molecule is CC(CC1c2ccccc2Sc2ccc(Cl)cc2C1O)CN(C)C. The molecule has 3 unspecified atom stereocenters. The van der Waals surface area contributed by atoms with Gasteiger partial charge in [0.25, 0.3) is 0 Å². The molecule has 0 fully saturated rings. The molecule has 24 heavy (non-hydrogen) atoms. The van der Waals surface area contributed by atoms with Crippen molar-refractivity contribution >= 4 is 23.4 Å². The van der Waals surface area contributed by atoms with E-state index in [1.54, 1.807) is 11.8 Å². The highest BCUT2D eigenvalue weighted by molar-refractivity contribution is 7.99. The fourth-order valence-corrected chi connectivity index (χ4v) is 4.95. The Morgan fingerprint density at radius 1 is 1.12 bits per heavy atom. The summed E-state index contributed by atoms with van der Waals surface area (Å²) in [6.45, 7) is 3.27. The predicted molar refractivity (Wildman–Crippen MR) is 102 cm³/mol. The number of benzene rings is 2. The Kier molecular flexibility index (Phi) is 5.56. The van der Waals surface area contributed by atoms with E-state index in [2.05, 4.69) is 50.2 Å². The van der Waals surface area contributed by atoms with Gasteiger partial charge in [0, 0.05) is 27.3 Å². The van der Waals surface area contributed by atoms with Gasteiger partial charge in [-0.15, -0.1) is 0 Å². The van der Waals surface area contributed by atoms with E-state index in [0.717, 1.165) is 23.4 Å². The first kappa shape index (κ1) is 17.8. The van der Waals surface area contributed by atoms with Crippen LogP contribution in [0.5, 0.6) is 0 Å². The van der Waals surface area contributed by atoms with Gasteiger partial charge in [0.05, 0.1) is 6.10 Å². The monoisotopic (exact) mass is 361 g/mol. The summed E-state index contributed by atoms with van der Waals surface area (Å²) in [6.07, 6.45) is 0.419. The van der Waals surface area contributed by atoms with E-state index < -0.39 is 6.10 Å². The number of fused-ring (bicyclic) bond motifs is 2. The predicted octanol–water partition coefficient (Wildman–Crippen LogP) is 5.21. The Labute approximate surface area is 153 Å². The van der Waals surface area contributed by atoms with Crippen molar-refractivity contribution in [3.8, 4) is 0 Å². The molecule has 0 saturated heterocycles. The topological polar surface area (TPSA) is 23.5 Å². The third-order valence-corrected chi connectivity index (χ3v) is 5.96. The van der Waals surface area contributed by atoms with Crippen LogP contribution in [0.15, 0.2) is 52.3 Å². The number of halogens is 1. The normalized spacial score (nSPS) is 21.1. The van der Waals surface area contributed by atoms with Crippen LogP contribution in [0.2, 0.25) is 5.02 Å². The van der Waals surface area contributed by atoms with Gasteiger partial charge in [0.2, 0.25) is 0 Å². The summed E-state index contributed by atoms with van der Waals surface area (Å²) in [5.74, 6) is 0.585. The van der Waals surface area contributed by atoms with Crippen molar-refractivity contribution in [2.24, 2.45) is 5.92 Å². The Balaban J connectivity index is 2.01. The van der Waals surface area contributed by atoms with Crippen molar-refractivity contribution in [2.75, 3.05) is 20.6 Å². The van der Waals surface area contributed by atoms with Crippen LogP contribution in [0.4, 0.5) is 0 Å². The highest BCUT2D eigenvalue weighted by Gasteiger charge is 2.31. The molecule has 2 nitrogen and oxygen atoms in total. The minimum Gasteiger partial charge on any atom is -0.388 e. The van der Waals surface area contributed by atoms with Crippen LogP contribution in [-0.4, -0.2) is 30.6 Å². The fraction of sp³-hybridized carbons (Fsp3) is 0.400. The van der Waals surface area contributed by atoms with Crippen LogP contribution < -0.4 is 0 Å². The molecular weight excluding hydrogens is 338 g/mol. The Hall–Kier alpha value is -1.00. The zero-order chi connectivity index (χ0) is 17.3. The van der Waals surface area contributed by atoms with E-state index >= 15 is 0 Å². The maximum atomic E-state index is 11.2. The van der Waals surface area contributed by atoms with E-state index in [-0.39, 0.29) is 5.92 Å². The van der Waals surface area contributed by atoms with Crippen LogP contribution >= 0.6 is 23.4 Å². The van der Waals surface area contributed by atoms with Gasteiger partial charge in [-0.25, -0.2) is 0 Å². The summed E-state index contributed by atoms with van der Waals surface area (Å²) in [6, 6.07) is 14.3. The van der Waals surface area contributed by atoms with Crippen molar-refractivity contribution in [1.82, 2.24) is 4.90 Å². The molecule has 0 spiro atoms. The van der Waals surface area contributed by atoms with Crippen molar-refractivity contribution in [1.29, 1.82) is 0 Å². The van der Waals surface area contributed by atoms with E-state index in [1.807, 2.05) is 18.2 Å². The third-order valence-electron chi connectivity index (χ3n) is 4.54. The largest absolute Gasteiger partial charge is 0.388 e. The average Bonchev–Trinajstić information content (AvgIpc) is 2.63. The Morgan fingerprint density at radius 3 is 2.58 bits per heavy atom. The summed E-state index contributed by atoms with van der Waals surface area (Å²) in [5.41, 5.74) is 2.19. The molecule has 0 aliphatic carbocycles. The van der Waals surface area contributed by atoms with Crippen molar-refractivity contribution in [3.63, 3.8) is 0 Å². The van der Waals surface area contributed by atoms with E-state index in [4.69, 9.17) is 11.6 Å². The van der Waals surface area contributed by atoms with E-state index in [0.29, 0.717) is 10.9 Å². The van der Waals surface area contributed by atoms with Crippen LogP contribution in [0.1, 0.15) is 36.5 Å². The minimum atomic E-state index is -0.528. The smallest absolute Gasteiger partial charge is 0.0870 e. The molecule has 1 aliphatic rings. The molecule has 128 valence electrons. The third kappa shape index (κ3) is 3.80. The van der Waals surface area contributed by atoms with Crippen molar-refractivity contribution in [3.05, 3.63) is 58.6 Å². The number of rotatable bonds is 4. The Morgan fingerprint density at radius 2 is 1.83 bits per heavy atom. The van der Waals surface area contributed by atoms with Crippen molar-refractivity contribution in [2.45, 2.75) is 35.2 Å². The molecule has 0 amide bonds. The first-order chi connectivity index (χ1) is 11.5. The van der Waals surface area contributed by atoms with Gasteiger partial charge in [0.1, 0.15) is 0 Å². The van der Waals surface area contributed by atoms with Crippen LogP contribution in [0.3, 0.4) is 0 Å². The second kappa shape index (κ2) is 7.49. The highest BCUT2D eigenvalue weighted by atomic mass is 35.5. The molecule has 0 aromatic heterocycles. The molecule has 0 saturated carbocycles. The summed E-state index contributed by atoms with van der Waals surface area (Å²) >= 11 is 7.93. The Bertz CT molecular complexity index is 719. The molecule has 2 aromatic rings. The van der Waals surface area contributed by atoms with Gasteiger partial charge in [-0.2, -0.15) is 0 Å². The molecule has 1 N–H and O–H groups in total. The summed E-state index contributed by atoms with van der Waals surface area (Å²) in [4.78, 5) is 4.54. The summed E-state index contributed by atoms with van der Waals surface area (Å²) in [5, 5.41) is 11.8. The second-order valence-corrected chi connectivity index (χ2v) is 8.50. The second-order valence-electron chi connectivity index (χ2n) is 6.98. The van der Waals surface area contributed by atoms with Crippen LogP contribution in [0.25, 0.3) is 0 Å². The maximum absolute atomic E-state index is 11.2. The first-order valence-corrected chi connectivity index (χ1v) is 9.54. The molecule has 1 aliphatic heterocycles. The molecule has 4 heteroatoms. The molecule has 3 rings (SSSR count). The molecule has 0 radical (unpaired) electrons. The average molecular weight is 362 g/mol. The van der Waals surface area contributed by atoms with Gasteiger partial charge >= 0.3 is 0 Å². The lowest BCUT2D eigenvalue weighted by Crippen LogP contribution is -2.23. The molecule has 3 atom stereocenters. The number of nitrogens with zero attached hydrogens (tertiary/aromatic N) is 1. The number of aliphatic hydroxyl groups is 1. The number of hydrogen-bond donors (Lipinski definition) is 1. The van der Waals surface area contributed by atoms with Gasteiger partial charge < -0.3 is 10.0 Å². The van der Waals surface area contributed by atoms with E-state index in [9.17, 15) is 5.11 Å². The van der Waals surface area contributed by atoms with E-state index in [1.165, 1.54) is 10.5 Å². The molecule has 2 aromatic carbocycles. The van der Waals surface area contributed by atoms with Crippen LogP contribution in [-0.2, 0) is 0 Å². The minimum absolute atomic E-state index is 0.0865. The summed E-state index contributed by atoms with van der Waals surface area (Å²) < 4.78 is 0. The number of aliphatic hydroxyl groups excluding tert-OH is 1. The van der Waals surface area contributed by atoms with Gasteiger partial charge in [-0.3, -0.25) is 0 Å². The maximum Gasteiger partial charge on any atom is 0.0870 e. The number of hydrogen-bond acceptors (Lipinski definition) is 3. The van der Waals surface area contributed by atoms with Gasteiger partial charge in [-0.05, 0) is 61.8 Å². The zero-order valence-electron chi connectivity index (χ0n) is 14.4. The first-order valence-electron chi connectivity index (χ1n) is 8.34.